The van der Waals surface area contributed by atoms with Crippen molar-refractivity contribution in [3.63, 3.8) is 0 Å². The van der Waals surface area contributed by atoms with E-state index in [2.05, 4.69) is 79.6 Å². The fraction of sp³-hybridized carbons (Fsp3) is 0.476. The van der Waals surface area contributed by atoms with Crippen LogP contribution in [0.15, 0.2) is 53.8 Å². The molecule has 0 spiro atoms. The van der Waals surface area contributed by atoms with E-state index in [1.807, 2.05) is 12.1 Å². The minimum atomic E-state index is -0.129. The van der Waals surface area contributed by atoms with Gasteiger partial charge in [-0.05, 0) is 51.0 Å². The number of aromatic nitrogens is 1. The Morgan fingerprint density at radius 2 is 1.81 bits per heavy atom. The van der Waals surface area contributed by atoms with Crippen LogP contribution in [0.5, 0.6) is 0 Å². The summed E-state index contributed by atoms with van der Waals surface area (Å²) in [5, 5.41) is 6.68. The van der Waals surface area contributed by atoms with Gasteiger partial charge in [-0.3, -0.25) is 0 Å². The maximum absolute atomic E-state index is 5.86. The third-order valence-corrected chi connectivity index (χ3v) is 3.76. The van der Waals surface area contributed by atoms with Crippen molar-refractivity contribution in [1.82, 2.24) is 15.2 Å². The average molecular weight is 357 g/mol. The predicted octanol–water partition coefficient (Wildman–Crippen LogP) is 3.56. The van der Waals surface area contributed by atoms with Crippen molar-refractivity contribution in [3.05, 3.63) is 59.9 Å². The highest BCUT2D eigenvalue weighted by atomic mass is 16.5. The summed E-state index contributed by atoms with van der Waals surface area (Å²) in [6, 6.07) is 12.5. The Kier molecular flexibility index (Phi) is 7.73. The first-order valence-electron chi connectivity index (χ1n) is 9.31. The molecule has 1 heterocycles. The minimum absolute atomic E-state index is 0.129. The van der Waals surface area contributed by atoms with Gasteiger partial charge in [-0.1, -0.05) is 24.3 Å². The van der Waals surface area contributed by atoms with Gasteiger partial charge in [-0.25, -0.2) is 4.99 Å². The monoisotopic (exact) mass is 356 g/mol. The summed E-state index contributed by atoms with van der Waals surface area (Å²) < 4.78 is 8.01. The lowest BCUT2D eigenvalue weighted by atomic mass is 10.1. The van der Waals surface area contributed by atoms with Crippen LogP contribution in [0.1, 0.15) is 38.8 Å². The molecule has 0 fully saturated rings. The highest BCUT2D eigenvalue weighted by Gasteiger charge is 2.10. The number of guanidine groups is 1. The Balaban J connectivity index is 1.89. The summed E-state index contributed by atoms with van der Waals surface area (Å²) in [7, 11) is 0. The van der Waals surface area contributed by atoms with Crippen molar-refractivity contribution in [2.75, 3.05) is 13.1 Å². The van der Waals surface area contributed by atoms with Crippen LogP contribution < -0.4 is 10.6 Å². The molecule has 0 aliphatic rings. The first-order valence-corrected chi connectivity index (χ1v) is 9.31. The Hall–Kier alpha value is -2.27. The molecule has 0 aliphatic carbocycles. The lowest BCUT2D eigenvalue weighted by Gasteiger charge is -2.19. The zero-order chi connectivity index (χ0) is 18.8. The molecule has 5 heteroatoms. The Bertz CT molecular complexity index is 672. The SMILES string of the molecule is CCNC(=NCc1cccc(COC(C)(C)C)c1)NCCn1cccc1. The molecule has 0 saturated carbocycles. The van der Waals surface area contributed by atoms with Crippen LogP contribution in [-0.2, 0) is 24.4 Å². The minimum Gasteiger partial charge on any atom is -0.371 e. The molecule has 0 aliphatic heterocycles. The van der Waals surface area contributed by atoms with Gasteiger partial charge in [-0.2, -0.15) is 0 Å². The van der Waals surface area contributed by atoms with Crippen LogP contribution in [0, 0.1) is 0 Å². The predicted molar refractivity (Wildman–Crippen MR) is 108 cm³/mol. The van der Waals surface area contributed by atoms with Gasteiger partial charge in [0.2, 0.25) is 0 Å². The molecule has 26 heavy (non-hydrogen) atoms. The number of benzene rings is 1. The van der Waals surface area contributed by atoms with Gasteiger partial charge >= 0.3 is 0 Å². The van der Waals surface area contributed by atoms with Crippen LogP contribution in [0.4, 0.5) is 0 Å². The molecule has 0 bridgehead atoms. The molecule has 2 N–H and O–H groups in total. The Morgan fingerprint density at radius 3 is 2.50 bits per heavy atom. The lowest BCUT2D eigenvalue weighted by Crippen LogP contribution is -2.38. The van der Waals surface area contributed by atoms with E-state index in [4.69, 9.17) is 9.73 Å². The molecule has 2 aromatic rings. The maximum atomic E-state index is 5.86. The Labute approximate surface area is 157 Å². The second kappa shape index (κ2) is 10.0. The zero-order valence-corrected chi connectivity index (χ0v) is 16.5. The highest BCUT2D eigenvalue weighted by Crippen LogP contribution is 2.13. The van der Waals surface area contributed by atoms with E-state index in [0.29, 0.717) is 13.2 Å². The molecule has 1 aromatic heterocycles. The molecule has 0 atom stereocenters. The van der Waals surface area contributed by atoms with Crippen LogP contribution in [-0.4, -0.2) is 29.2 Å². The normalized spacial score (nSPS) is 12.2. The van der Waals surface area contributed by atoms with Crippen molar-refractivity contribution < 1.29 is 4.74 Å². The van der Waals surface area contributed by atoms with E-state index in [0.717, 1.165) is 25.6 Å². The van der Waals surface area contributed by atoms with Crippen molar-refractivity contribution in [1.29, 1.82) is 0 Å². The molecule has 0 unspecified atom stereocenters. The average Bonchev–Trinajstić information content (AvgIpc) is 3.11. The van der Waals surface area contributed by atoms with Gasteiger partial charge < -0.3 is 19.9 Å². The largest absolute Gasteiger partial charge is 0.371 e. The second-order valence-corrected chi connectivity index (χ2v) is 7.26. The van der Waals surface area contributed by atoms with Crippen molar-refractivity contribution >= 4 is 5.96 Å². The number of ether oxygens (including phenoxy) is 1. The van der Waals surface area contributed by atoms with Gasteiger partial charge in [0.15, 0.2) is 5.96 Å². The summed E-state index contributed by atoms with van der Waals surface area (Å²) in [5.74, 6) is 0.844. The Morgan fingerprint density at radius 1 is 1.08 bits per heavy atom. The molecule has 2 rings (SSSR count). The van der Waals surface area contributed by atoms with Gasteiger partial charge in [0.1, 0.15) is 0 Å². The zero-order valence-electron chi connectivity index (χ0n) is 16.5. The van der Waals surface area contributed by atoms with E-state index in [9.17, 15) is 0 Å². The standard InChI is InChI=1S/C21H32N4O/c1-5-22-20(23-11-14-25-12-6-7-13-25)24-16-18-9-8-10-19(15-18)17-26-21(2,3)4/h6-10,12-13,15H,5,11,14,16-17H2,1-4H3,(H2,22,23,24). The van der Waals surface area contributed by atoms with Crippen LogP contribution in [0.2, 0.25) is 0 Å². The third-order valence-electron chi connectivity index (χ3n) is 3.76. The summed E-state index contributed by atoms with van der Waals surface area (Å²) in [6.45, 7) is 12.1. The molecule has 0 saturated heterocycles. The maximum Gasteiger partial charge on any atom is 0.191 e. The fourth-order valence-electron chi connectivity index (χ4n) is 2.45. The molecule has 0 amide bonds. The first-order chi connectivity index (χ1) is 12.5. The topological polar surface area (TPSA) is 50.6 Å². The summed E-state index contributed by atoms with van der Waals surface area (Å²) in [4.78, 5) is 4.70. The fourth-order valence-corrected chi connectivity index (χ4v) is 2.45. The van der Waals surface area contributed by atoms with Crippen LogP contribution in [0.25, 0.3) is 0 Å². The van der Waals surface area contributed by atoms with Crippen molar-refractivity contribution in [2.24, 2.45) is 4.99 Å². The number of aliphatic imine (C=N–C) groups is 1. The van der Waals surface area contributed by atoms with Crippen LogP contribution >= 0.6 is 0 Å². The van der Waals surface area contributed by atoms with E-state index >= 15 is 0 Å². The summed E-state index contributed by atoms with van der Waals surface area (Å²) in [6.07, 6.45) is 4.13. The third kappa shape index (κ3) is 7.74. The van der Waals surface area contributed by atoms with Gasteiger partial charge in [0.25, 0.3) is 0 Å². The smallest absolute Gasteiger partial charge is 0.191 e. The summed E-state index contributed by atoms with van der Waals surface area (Å²) in [5.41, 5.74) is 2.23. The van der Waals surface area contributed by atoms with E-state index in [1.54, 1.807) is 0 Å². The number of nitrogens with one attached hydrogen (secondary N) is 2. The summed E-state index contributed by atoms with van der Waals surface area (Å²) >= 11 is 0. The van der Waals surface area contributed by atoms with Crippen molar-refractivity contribution in [3.8, 4) is 0 Å². The van der Waals surface area contributed by atoms with Gasteiger partial charge in [-0.15, -0.1) is 0 Å². The quantitative estimate of drug-likeness (QED) is 0.562. The molecular weight excluding hydrogens is 324 g/mol. The van der Waals surface area contributed by atoms with Crippen molar-refractivity contribution in [2.45, 2.75) is 53.0 Å². The van der Waals surface area contributed by atoms with Gasteiger partial charge in [0, 0.05) is 32.0 Å². The first kappa shape index (κ1) is 20.0. The molecule has 0 radical (unpaired) electrons. The second-order valence-electron chi connectivity index (χ2n) is 7.26. The van der Waals surface area contributed by atoms with E-state index < -0.39 is 0 Å². The lowest BCUT2D eigenvalue weighted by molar-refractivity contribution is -0.0149. The number of nitrogens with zero attached hydrogens (tertiary/aromatic N) is 2. The molecule has 1 aromatic carbocycles. The molecular formula is C21H32N4O. The van der Waals surface area contributed by atoms with E-state index in [1.165, 1.54) is 11.1 Å². The number of rotatable bonds is 8. The van der Waals surface area contributed by atoms with E-state index in [-0.39, 0.29) is 5.60 Å². The van der Waals surface area contributed by atoms with Crippen LogP contribution in [0.3, 0.4) is 0 Å². The highest BCUT2D eigenvalue weighted by molar-refractivity contribution is 5.79. The molecule has 5 nitrogen and oxygen atoms in total. The number of hydrogen-bond acceptors (Lipinski definition) is 2. The van der Waals surface area contributed by atoms with Gasteiger partial charge in [0.05, 0.1) is 18.8 Å². The number of hydrogen-bond donors (Lipinski definition) is 2. The molecule has 142 valence electrons.